The molecule has 0 aliphatic carbocycles. The van der Waals surface area contributed by atoms with E-state index in [2.05, 4.69) is 17.2 Å². The average Bonchev–Trinajstić information content (AvgIpc) is 2.87. The van der Waals surface area contributed by atoms with Crippen LogP contribution < -0.4 is 5.32 Å². The van der Waals surface area contributed by atoms with Crippen LogP contribution in [0.1, 0.15) is 23.0 Å². The molecule has 2 aromatic rings. The zero-order chi connectivity index (χ0) is 15.2. The van der Waals surface area contributed by atoms with Crippen LogP contribution in [0.25, 0.3) is 0 Å². The van der Waals surface area contributed by atoms with Gasteiger partial charge in [0.15, 0.2) is 0 Å². The van der Waals surface area contributed by atoms with E-state index in [1.807, 2.05) is 19.1 Å². The fourth-order valence-corrected chi connectivity index (χ4v) is 2.17. The molecule has 1 heterocycles. The zero-order valence-electron chi connectivity index (χ0n) is 11.6. The smallest absolute Gasteiger partial charge is 0.272 e. The van der Waals surface area contributed by atoms with Gasteiger partial charge in [-0.15, -0.1) is 0 Å². The Morgan fingerprint density at radius 2 is 2.19 bits per heavy atom. The molecule has 0 aliphatic rings. The number of aryl methyl sites for hydroxylation is 1. The van der Waals surface area contributed by atoms with Gasteiger partial charge in [0.25, 0.3) is 5.91 Å². The number of hydrogen-bond acceptors (Lipinski definition) is 2. The number of amides is 1. The van der Waals surface area contributed by atoms with Gasteiger partial charge in [-0.3, -0.25) is 4.79 Å². The number of aliphatic hydroxyl groups is 1. The Morgan fingerprint density at radius 1 is 1.43 bits per heavy atom. The molecule has 1 aromatic heterocycles. The molecule has 21 heavy (non-hydrogen) atoms. The molecule has 0 unspecified atom stereocenters. The predicted octanol–water partition coefficient (Wildman–Crippen LogP) is 2.76. The van der Waals surface area contributed by atoms with Crippen LogP contribution in [0.15, 0.2) is 36.5 Å². The van der Waals surface area contributed by atoms with E-state index in [4.69, 9.17) is 16.7 Å². The molecule has 0 saturated heterocycles. The second-order valence-electron chi connectivity index (χ2n) is 4.29. The van der Waals surface area contributed by atoms with E-state index in [0.29, 0.717) is 28.5 Å². The number of nitrogens with one attached hydrogen (secondary N) is 1. The molecule has 0 radical (unpaired) electrons. The van der Waals surface area contributed by atoms with Crippen LogP contribution in [0.5, 0.6) is 0 Å². The average molecular weight is 303 g/mol. The second-order valence-corrected chi connectivity index (χ2v) is 4.73. The van der Waals surface area contributed by atoms with Crippen LogP contribution in [0.2, 0.25) is 5.02 Å². The van der Waals surface area contributed by atoms with Crippen molar-refractivity contribution < 1.29 is 9.90 Å². The van der Waals surface area contributed by atoms with E-state index in [-0.39, 0.29) is 12.5 Å². The lowest BCUT2D eigenvalue weighted by Crippen LogP contribution is -2.17. The Labute approximate surface area is 128 Å². The third kappa shape index (κ3) is 3.66. The summed E-state index contributed by atoms with van der Waals surface area (Å²) in [4.78, 5) is 12.3. The van der Waals surface area contributed by atoms with Gasteiger partial charge in [0.05, 0.1) is 10.7 Å². The number of para-hydroxylation sites is 1. The van der Waals surface area contributed by atoms with E-state index in [1.165, 1.54) is 0 Å². The number of aliphatic hydroxyl groups excluding tert-OH is 1. The summed E-state index contributed by atoms with van der Waals surface area (Å²) in [5.74, 6) is 5.13. The highest BCUT2D eigenvalue weighted by molar-refractivity contribution is 6.31. The summed E-state index contributed by atoms with van der Waals surface area (Å²) in [5, 5.41) is 12.1. The van der Waals surface area contributed by atoms with Gasteiger partial charge in [-0.25, -0.2) is 0 Å². The summed E-state index contributed by atoms with van der Waals surface area (Å²) in [7, 11) is 0. The SMILES string of the molecule is CCn1cc(Cl)cc1C(=O)Nc1ccccc1C#CCO. The molecule has 108 valence electrons. The van der Waals surface area contributed by atoms with Crippen molar-refractivity contribution in [1.82, 2.24) is 4.57 Å². The topological polar surface area (TPSA) is 54.3 Å². The minimum absolute atomic E-state index is 0.226. The largest absolute Gasteiger partial charge is 0.384 e. The molecule has 1 aromatic carbocycles. The van der Waals surface area contributed by atoms with E-state index >= 15 is 0 Å². The van der Waals surface area contributed by atoms with Crippen molar-refractivity contribution >= 4 is 23.2 Å². The molecule has 0 bridgehead atoms. The molecule has 0 spiro atoms. The van der Waals surface area contributed by atoms with Gasteiger partial charge in [0.2, 0.25) is 0 Å². The van der Waals surface area contributed by atoms with Crippen molar-refractivity contribution in [2.75, 3.05) is 11.9 Å². The van der Waals surface area contributed by atoms with Crippen molar-refractivity contribution in [2.24, 2.45) is 0 Å². The molecule has 0 saturated carbocycles. The fraction of sp³-hybridized carbons (Fsp3) is 0.188. The minimum Gasteiger partial charge on any atom is -0.384 e. The van der Waals surface area contributed by atoms with Crippen LogP contribution in [-0.2, 0) is 6.54 Å². The first kappa shape index (κ1) is 15.2. The molecule has 2 N–H and O–H groups in total. The Kier molecular flexibility index (Phi) is 5.04. The summed E-state index contributed by atoms with van der Waals surface area (Å²) in [5.41, 5.74) is 1.75. The first-order valence-corrected chi connectivity index (χ1v) is 6.89. The van der Waals surface area contributed by atoms with Crippen LogP contribution in [0, 0.1) is 11.8 Å². The number of carbonyl (C=O) groups is 1. The van der Waals surface area contributed by atoms with Gasteiger partial charge in [-0.05, 0) is 25.1 Å². The molecule has 0 aliphatic heterocycles. The Hall–Kier alpha value is -2.22. The van der Waals surface area contributed by atoms with Crippen molar-refractivity contribution in [1.29, 1.82) is 0 Å². The van der Waals surface area contributed by atoms with E-state index in [1.54, 1.807) is 29.0 Å². The first-order valence-electron chi connectivity index (χ1n) is 6.51. The fourth-order valence-electron chi connectivity index (χ4n) is 1.95. The van der Waals surface area contributed by atoms with Crippen molar-refractivity contribution in [3.8, 4) is 11.8 Å². The Bertz CT molecular complexity index is 711. The summed E-state index contributed by atoms with van der Waals surface area (Å²) in [6.45, 7) is 2.37. The lowest BCUT2D eigenvalue weighted by atomic mass is 10.2. The monoisotopic (exact) mass is 302 g/mol. The molecule has 2 rings (SSSR count). The number of benzene rings is 1. The van der Waals surface area contributed by atoms with Crippen LogP contribution in [0.3, 0.4) is 0 Å². The number of nitrogens with zero attached hydrogens (tertiary/aromatic N) is 1. The number of anilines is 1. The van der Waals surface area contributed by atoms with E-state index in [0.717, 1.165) is 0 Å². The number of carbonyl (C=O) groups excluding carboxylic acids is 1. The van der Waals surface area contributed by atoms with Crippen molar-refractivity contribution in [3.05, 3.63) is 52.8 Å². The minimum atomic E-state index is -0.248. The molecule has 0 atom stereocenters. The maximum Gasteiger partial charge on any atom is 0.272 e. The number of aromatic nitrogens is 1. The van der Waals surface area contributed by atoms with Crippen LogP contribution in [-0.4, -0.2) is 22.2 Å². The van der Waals surface area contributed by atoms with Gasteiger partial charge < -0.3 is 15.0 Å². The van der Waals surface area contributed by atoms with E-state index < -0.39 is 0 Å². The lowest BCUT2D eigenvalue weighted by Gasteiger charge is -2.09. The summed E-state index contributed by atoms with van der Waals surface area (Å²) in [6, 6.07) is 8.81. The molecular formula is C16H15ClN2O2. The van der Waals surface area contributed by atoms with Crippen LogP contribution in [0.4, 0.5) is 5.69 Å². The summed E-state index contributed by atoms with van der Waals surface area (Å²) in [6.07, 6.45) is 1.72. The molecular weight excluding hydrogens is 288 g/mol. The van der Waals surface area contributed by atoms with Gasteiger partial charge in [-0.1, -0.05) is 35.6 Å². The van der Waals surface area contributed by atoms with Crippen molar-refractivity contribution in [3.63, 3.8) is 0 Å². The van der Waals surface area contributed by atoms with Gasteiger partial charge in [0.1, 0.15) is 12.3 Å². The number of rotatable bonds is 3. The standard InChI is InChI=1S/C16H15ClN2O2/c1-2-19-11-13(17)10-15(19)16(21)18-14-8-4-3-6-12(14)7-5-9-20/h3-4,6,8,10-11,20H,2,9H2,1H3,(H,18,21). The maximum absolute atomic E-state index is 12.3. The number of halogens is 1. The molecule has 1 amide bonds. The predicted molar refractivity (Wildman–Crippen MR) is 83.5 cm³/mol. The third-order valence-corrected chi connectivity index (χ3v) is 3.12. The van der Waals surface area contributed by atoms with Gasteiger partial charge in [-0.2, -0.15) is 0 Å². The quantitative estimate of drug-likeness (QED) is 0.857. The Balaban J connectivity index is 2.27. The summed E-state index contributed by atoms with van der Waals surface area (Å²) < 4.78 is 1.78. The third-order valence-electron chi connectivity index (χ3n) is 2.91. The first-order chi connectivity index (χ1) is 10.2. The summed E-state index contributed by atoms with van der Waals surface area (Å²) >= 11 is 5.94. The van der Waals surface area contributed by atoms with Gasteiger partial charge >= 0.3 is 0 Å². The van der Waals surface area contributed by atoms with E-state index in [9.17, 15) is 4.79 Å². The highest BCUT2D eigenvalue weighted by Crippen LogP contribution is 2.18. The van der Waals surface area contributed by atoms with Crippen LogP contribution >= 0.6 is 11.6 Å². The van der Waals surface area contributed by atoms with Gasteiger partial charge in [0, 0.05) is 18.3 Å². The lowest BCUT2D eigenvalue weighted by molar-refractivity contribution is 0.101. The molecule has 5 heteroatoms. The highest BCUT2D eigenvalue weighted by atomic mass is 35.5. The zero-order valence-corrected chi connectivity index (χ0v) is 12.3. The molecule has 0 fully saturated rings. The van der Waals surface area contributed by atoms with Crippen molar-refractivity contribution in [2.45, 2.75) is 13.5 Å². The molecule has 4 nitrogen and oxygen atoms in total. The maximum atomic E-state index is 12.3. The highest BCUT2D eigenvalue weighted by Gasteiger charge is 2.13. The second kappa shape index (κ2) is 6.98. The normalized spacial score (nSPS) is 9.86. The number of hydrogen-bond donors (Lipinski definition) is 2. The Morgan fingerprint density at radius 3 is 2.90 bits per heavy atom.